The molecule has 0 saturated carbocycles. The highest BCUT2D eigenvalue weighted by Gasteiger charge is 2.30. The molecular formula is C26H28N2O2. The van der Waals surface area contributed by atoms with Gasteiger partial charge in [0.15, 0.2) is 0 Å². The van der Waals surface area contributed by atoms with Crippen LogP contribution in [0.1, 0.15) is 39.6 Å². The first-order valence-electron chi connectivity index (χ1n) is 10.5. The minimum atomic E-state index is -0.299. The molecule has 4 heteroatoms. The van der Waals surface area contributed by atoms with Crippen molar-refractivity contribution in [2.45, 2.75) is 25.7 Å². The molecule has 0 unspecified atom stereocenters. The minimum Gasteiger partial charge on any atom is -0.465 e. The van der Waals surface area contributed by atoms with Crippen LogP contribution in [-0.2, 0) is 17.8 Å². The van der Waals surface area contributed by atoms with Crippen molar-refractivity contribution in [3.8, 4) is 0 Å². The van der Waals surface area contributed by atoms with Crippen LogP contribution in [0.2, 0.25) is 0 Å². The molecule has 1 fully saturated rings. The van der Waals surface area contributed by atoms with Crippen LogP contribution < -0.4 is 0 Å². The van der Waals surface area contributed by atoms with Gasteiger partial charge in [-0.3, -0.25) is 9.80 Å². The topological polar surface area (TPSA) is 32.8 Å². The lowest BCUT2D eigenvalue weighted by atomic mass is 10.0. The molecule has 154 valence electrons. The maximum atomic E-state index is 11.9. The fourth-order valence-corrected chi connectivity index (χ4v) is 4.25. The zero-order chi connectivity index (χ0) is 20.8. The number of methoxy groups -OCH3 is 1. The molecule has 1 heterocycles. The van der Waals surface area contributed by atoms with E-state index in [1.165, 1.54) is 23.8 Å². The summed E-state index contributed by atoms with van der Waals surface area (Å²) in [5.41, 5.74) is 4.42. The summed E-state index contributed by atoms with van der Waals surface area (Å²) >= 11 is 0. The van der Waals surface area contributed by atoms with Crippen LogP contribution in [0, 0.1) is 0 Å². The number of ether oxygens (including phenoxy) is 1. The van der Waals surface area contributed by atoms with E-state index in [1.807, 2.05) is 12.1 Å². The average Bonchev–Trinajstić information content (AvgIpc) is 2.80. The molecule has 4 nitrogen and oxygen atoms in total. The predicted octanol–water partition coefficient (Wildman–Crippen LogP) is 4.88. The van der Waals surface area contributed by atoms with Gasteiger partial charge in [-0.2, -0.15) is 0 Å². The van der Waals surface area contributed by atoms with E-state index < -0.39 is 0 Å². The molecule has 0 N–H and O–H groups in total. The molecule has 3 aromatic carbocycles. The van der Waals surface area contributed by atoms with Crippen LogP contribution >= 0.6 is 0 Å². The van der Waals surface area contributed by atoms with E-state index in [4.69, 9.17) is 4.74 Å². The highest BCUT2D eigenvalue weighted by Crippen LogP contribution is 2.32. The molecule has 4 rings (SSSR count). The maximum absolute atomic E-state index is 11.9. The van der Waals surface area contributed by atoms with E-state index in [1.54, 1.807) is 0 Å². The van der Waals surface area contributed by atoms with E-state index >= 15 is 0 Å². The van der Waals surface area contributed by atoms with Crippen molar-refractivity contribution in [2.24, 2.45) is 0 Å². The Morgan fingerprint density at radius 3 is 1.77 bits per heavy atom. The van der Waals surface area contributed by atoms with Crippen molar-refractivity contribution in [1.82, 2.24) is 9.80 Å². The molecule has 1 saturated heterocycles. The summed E-state index contributed by atoms with van der Waals surface area (Å²) in [4.78, 5) is 16.9. The summed E-state index contributed by atoms with van der Waals surface area (Å²) in [6.07, 6.45) is 1.29. The van der Waals surface area contributed by atoms with Crippen molar-refractivity contribution in [1.29, 1.82) is 0 Å². The highest BCUT2D eigenvalue weighted by molar-refractivity contribution is 5.89. The van der Waals surface area contributed by atoms with Gasteiger partial charge in [0, 0.05) is 26.2 Å². The number of benzene rings is 3. The summed E-state index contributed by atoms with van der Waals surface area (Å²) in [6, 6.07) is 29.1. The van der Waals surface area contributed by atoms with Gasteiger partial charge >= 0.3 is 5.97 Å². The van der Waals surface area contributed by atoms with Crippen molar-refractivity contribution in [3.63, 3.8) is 0 Å². The quantitative estimate of drug-likeness (QED) is 0.552. The van der Waals surface area contributed by atoms with E-state index in [9.17, 15) is 4.79 Å². The van der Waals surface area contributed by atoms with Crippen LogP contribution in [0.15, 0.2) is 84.9 Å². The first-order chi connectivity index (χ1) is 14.7. The predicted molar refractivity (Wildman–Crippen MR) is 119 cm³/mol. The maximum Gasteiger partial charge on any atom is 0.337 e. The third kappa shape index (κ3) is 4.78. The fourth-order valence-electron chi connectivity index (χ4n) is 4.25. The minimum absolute atomic E-state index is 0.158. The number of hydrogen-bond donors (Lipinski definition) is 0. The third-order valence-corrected chi connectivity index (χ3v) is 5.67. The zero-order valence-corrected chi connectivity index (χ0v) is 17.4. The molecular weight excluding hydrogens is 372 g/mol. The molecule has 0 radical (unpaired) electrons. The van der Waals surface area contributed by atoms with Crippen molar-refractivity contribution >= 4 is 5.97 Å². The van der Waals surface area contributed by atoms with Gasteiger partial charge in [-0.25, -0.2) is 4.79 Å². The lowest BCUT2D eigenvalue weighted by molar-refractivity contribution is -0.00910. The lowest BCUT2D eigenvalue weighted by Crippen LogP contribution is -2.46. The van der Waals surface area contributed by atoms with Crippen LogP contribution in [0.5, 0.6) is 0 Å². The number of carbonyl (C=O) groups excluding carboxylic acids is 1. The molecule has 0 amide bonds. The molecule has 1 aliphatic rings. The van der Waals surface area contributed by atoms with Gasteiger partial charge in [-0.15, -0.1) is 0 Å². The van der Waals surface area contributed by atoms with Crippen LogP contribution in [0.4, 0.5) is 0 Å². The molecule has 0 atom stereocenters. The standard InChI is InChI=1S/C26H28N2O2/c1-30-26(29)24-15-13-23(14-16-24)25-27(19-21-9-4-2-5-10-21)17-8-18-28(25)20-22-11-6-3-7-12-22/h2-7,9-16,25H,8,17-20H2,1H3. The summed E-state index contributed by atoms with van der Waals surface area (Å²) < 4.78 is 4.86. The molecule has 0 spiro atoms. The Kier molecular flexibility index (Phi) is 6.57. The van der Waals surface area contributed by atoms with Crippen molar-refractivity contribution in [2.75, 3.05) is 20.2 Å². The molecule has 0 aliphatic carbocycles. The second-order valence-corrected chi connectivity index (χ2v) is 7.75. The summed E-state index contributed by atoms with van der Waals surface area (Å²) in [7, 11) is 1.42. The molecule has 0 aromatic heterocycles. The molecule has 3 aromatic rings. The fraction of sp³-hybridized carbons (Fsp3) is 0.269. The van der Waals surface area contributed by atoms with E-state index in [0.717, 1.165) is 32.6 Å². The Balaban J connectivity index is 1.64. The highest BCUT2D eigenvalue weighted by atomic mass is 16.5. The van der Waals surface area contributed by atoms with E-state index in [2.05, 4.69) is 82.6 Å². The molecule has 1 aliphatic heterocycles. The SMILES string of the molecule is COC(=O)c1ccc(C2N(Cc3ccccc3)CCCN2Cc2ccccc2)cc1. The summed E-state index contributed by atoms with van der Waals surface area (Å²) in [5, 5.41) is 0. The Hall–Kier alpha value is -2.95. The monoisotopic (exact) mass is 400 g/mol. The van der Waals surface area contributed by atoms with E-state index in [-0.39, 0.29) is 12.1 Å². The molecule has 0 bridgehead atoms. The van der Waals surface area contributed by atoms with Gasteiger partial charge in [-0.05, 0) is 35.2 Å². The molecule has 30 heavy (non-hydrogen) atoms. The third-order valence-electron chi connectivity index (χ3n) is 5.67. The number of hydrogen-bond acceptors (Lipinski definition) is 4. The van der Waals surface area contributed by atoms with Crippen LogP contribution in [-0.4, -0.2) is 36.0 Å². The van der Waals surface area contributed by atoms with Gasteiger partial charge in [-0.1, -0.05) is 72.8 Å². The largest absolute Gasteiger partial charge is 0.465 e. The number of esters is 1. The van der Waals surface area contributed by atoms with Gasteiger partial charge in [0.1, 0.15) is 0 Å². The van der Waals surface area contributed by atoms with Crippen molar-refractivity contribution < 1.29 is 9.53 Å². The normalized spacial score (nSPS) is 15.8. The van der Waals surface area contributed by atoms with Gasteiger partial charge in [0.2, 0.25) is 0 Å². The summed E-state index contributed by atoms with van der Waals surface area (Å²) in [5.74, 6) is -0.299. The Labute approximate surface area is 178 Å². The second-order valence-electron chi connectivity index (χ2n) is 7.75. The van der Waals surface area contributed by atoms with Gasteiger partial charge < -0.3 is 4.74 Å². The average molecular weight is 401 g/mol. The van der Waals surface area contributed by atoms with Gasteiger partial charge in [0.25, 0.3) is 0 Å². The Bertz CT molecular complexity index is 892. The Morgan fingerprint density at radius 1 is 0.800 bits per heavy atom. The van der Waals surface area contributed by atoms with E-state index in [0.29, 0.717) is 5.56 Å². The number of rotatable bonds is 6. The van der Waals surface area contributed by atoms with Crippen molar-refractivity contribution in [3.05, 3.63) is 107 Å². The first-order valence-corrected chi connectivity index (χ1v) is 10.5. The first kappa shape index (κ1) is 20.3. The number of nitrogens with zero attached hydrogens (tertiary/aromatic N) is 2. The summed E-state index contributed by atoms with van der Waals surface area (Å²) in [6.45, 7) is 3.89. The lowest BCUT2D eigenvalue weighted by Gasteiger charge is -2.44. The number of carbonyl (C=O) groups is 1. The Morgan fingerprint density at radius 2 is 1.30 bits per heavy atom. The van der Waals surface area contributed by atoms with Crippen LogP contribution in [0.3, 0.4) is 0 Å². The zero-order valence-electron chi connectivity index (χ0n) is 17.4. The van der Waals surface area contributed by atoms with Gasteiger partial charge in [0.05, 0.1) is 18.8 Å². The second kappa shape index (κ2) is 9.70. The van der Waals surface area contributed by atoms with Crippen LogP contribution in [0.25, 0.3) is 0 Å². The smallest absolute Gasteiger partial charge is 0.337 e.